The largest absolute Gasteiger partial charge is 0.481 e. The fourth-order valence-corrected chi connectivity index (χ4v) is 1.76. The third-order valence-electron chi connectivity index (χ3n) is 2.14. The molecule has 0 atom stereocenters. The molecule has 0 saturated heterocycles. The third kappa shape index (κ3) is 9.80. The molecule has 0 spiro atoms. The highest BCUT2D eigenvalue weighted by Crippen LogP contribution is 2.11. The molecule has 0 fully saturated rings. The average Bonchev–Trinajstić information content (AvgIpc) is 2.10. The lowest BCUT2D eigenvalue weighted by atomic mass is 9.98. The number of carbonyl (C=O) groups is 2. The van der Waals surface area contributed by atoms with Crippen molar-refractivity contribution >= 4 is 21.7 Å². The van der Waals surface area contributed by atoms with Crippen molar-refractivity contribution in [3.05, 3.63) is 0 Å². The molecule has 17 heavy (non-hydrogen) atoms. The van der Waals surface area contributed by atoms with Crippen molar-refractivity contribution in [3.63, 3.8) is 0 Å². The van der Waals surface area contributed by atoms with Gasteiger partial charge in [-0.15, -0.1) is 0 Å². The Labute approximate surface area is 101 Å². The minimum Gasteiger partial charge on any atom is -0.481 e. The lowest BCUT2D eigenvalue weighted by molar-refractivity contribution is -0.137. The highest BCUT2D eigenvalue weighted by atomic mass is 32.2. The monoisotopic (exact) mass is 265 g/mol. The van der Waals surface area contributed by atoms with Crippen LogP contribution in [0.3, 0.4) is 0 Å². The Hall–Kier alpha value is -1.11. The van der Waals surface area contributed by atoms with E-state index in [1.807, 2.05) is 0 Å². The van der Waals surface area contributed by atoms with Gasteiger partial charge in [-0.3, -0.25) is 9.59 Å². The predicted octanol–water partition coefficient (Wildman–Crippen LogP) is 0.181. The van der Waals surface area contributed by atoms with E-state index in [9.17, 15) is 18.0 Å². The molecule has 0 rings (SSSR count). The van der Waals surface area contributed by atoms with Crippen molar-refractivity contribution < 1.29 is 23.1 Å². The fourth-order valence-electron chi connectivity index (χ4n) is 1.20. The Balaban J connectivity index is 4.13. The summed E-state index contributed by atoms with van der Waals surface area (Å²) in [5.41, 5.74) is -0.646. The van der Waals surface area contributed by atoms with Gasteiger partial charge in [-0.05, 0) is 20.3 Å². The van der Waals surface area contributed by atoms with Crippen LogP contribution in [0.1, 0.15) is 33.1 Å². The maximum atomic E-state index is 11.4. The first-order valence-electron chi connectivity index (χ1n) is 5.22. The predicted molar refractivity (Wildman–Crippen MR) is 63.4 cm³/mol. The number of amides is 1. The van der Waals surface area contributed by atoms with Gasteiger partial charge in [0, 0.05) is 24.6 Å². The Kier molecular flexibility index (Phi) is 5.60. The molecule has 0 aliphatic rings. The van der Waals surface area contributed by atoms with E-state index in [1.54, 1.807) is 13.8 Å². The summed E-state index contributed by atoms with van der Waals surface area (Å²) in [6.07, 6.45) is 1.22. The van der Waals surface area contributed by atoms with E-state index in [1.165, 1.54) is 0 Å². The van der Waals surface area contributed by atoms with E-state index >= 15 is 0 Å². The first-order chi connectivity index (χ1) is 7.52. The first kappa shape index (κ1) is 15.9. The standard InChI is InChI=1S/C10H19NO5S/c1-10(2,6-4-9(13)14)11-8(12)5-7-17(3,15)16/h4-7H2,1-3H3,(H,11,12)(H,13,14). The normalized spacial score (nSPS) is 12.2. The Morgan fingerprint density at radius 1 is 1.24 bits per heavy atom. The molecular formula is C10H19NO5S. The summed E-state index contributed by atoms with van der Waals surface area (Å²) in [4.78, 5) is 21.8. The van der Waals surface area contributed by atoms with Gasteiger partial charge in [0.15, 0.2) is 0 Å². The van der Waals surface area contributed by atoms with Crippen molar-refractivity contribution in [2.45, 2.75) is 38.6 Å². The van der Waals surface area contributed by atoms with E-state index in [4.69, 9.17) is 5.11 Å². The second kappa shape index (κ2) is 6.00. The lowest BCUT2D eigenvalue weighted by Crippen LogP contribution is -2.44. The molecule has 1 amide bonds. The molecule has 100 valence electrons. The van der Waals surface area contributed by atoms with Crippen molar-refractivity contribution in [2.24, 2.45) is 0 Å². The zero-order chi connectivity index (χ0) is 13.7. The van der Waals surface area contributed by atoms with Crippen molar-refractivity contribution in [3.8, 4) is 0 Å². The number of hydrogen-bond donors (Lipinski definition) is 2. The summed E-state index contributed by atoms with van der Waals surface area (Å²) >= 11 is 0. The van der Waals surface area contributed by atoms with Crippen LogP contribution in [0.25, 0.3) is 0 Å². The first-order valence-corrected chi connectivity index (χ1v) is 7.28. The Bertz CT molecular complexity index is 386. The number of sulfone groups is 1. The fraction of sp³-hybridized carbons (Fsp3) is 0.800. The minimum absolute atomic E-state index is 0.0423. The van der Waals surface area contributed by atoms with Gasteiger partial charge in [-0.2, -0.15) is 0 Å². The average molecular weight is 265 g/mol. The van der Waals surface area contributed by atoms with Crippen LogP contribution in [-0.2, 0) is 19.4 Å². The maximum absolute atomic E-state index is 11.4. The minimum atomic E-state index is -3.16. The summed E-state index contributed by atoms with van der Waals surface area (Å²) in [7, 11) is -3.16. The molecule has 0 aromatic rings. The van der Waals surface area contributed by atoms with Gasteiger partial charge in [0.05, 0.1) is 5.75 Å². The zero-order valence-electron chi connectivity index (χ0n) is 10.3. The van der Waals surface area contributed by atoms with Crippen LogP contribution >= 0.6 is 0 Å². The topological polar surface area (TPSA) is 101 Å². The summed E-state index contributed by atoms with van der Waals surface area (Å²) < 4.78 is 21.7. The van der Waals surface area contributed by atoms with Crippen LogP contribution in [0.4, 0.5) is 0 Å². The summed E-state index contributed by atoms with van der Waals surface area (Å²) in [5, 5.41) is 11.1. The molecular weight excluding hydrogens is 246 g/mol. The van der Waals surface area contributed by atoms with Gasteiger partial charge in [0.25, 0.3) is 0 Å². The number of nitrogens with one attached hydrogen (secondary N) is 1. The number of carboxylic acid groups (broad SMARTS) is 1. The second-order valence-electron chi connectivity index (χ2n) is 4.71. The molecule has 7 heteroatoms. The van der Waals surface area contributed by atoms with Crippen molar-refractivity contribution in [2.75, 3.05) is 12.0 Å². The van der Waals surface area contributed by atoms with Gasteiger partial charge >= 0.3 is 5.97 Å². The Morgan fingerprint density at radius 3 is 2.18 bits per heavy atom. The summed E-state index contributed by atoms with van der Waals surface area (Å²) in [5.74, 6) is -1.51. The highest BCUT2D eigenvalue weighted by Gasteiger charge is 2.21. The van der Waals surface area contributed by atoms with Crippen LogP contribution < -0.4 is 5.32 Å². The van der Waals surface area contributed by atoms with Crippen LogP contribution in [0.5, 0.6) is 0 Å². The molecule has 0 unspecified atom stereocenters. The number of carbonyl (C=O) groups excluding carboxylic acids is 1. The molecule has 6 nitrogen and oxygen atoms in total. The summed E-state index contributed by atoms with van der Waals surface area (Å²) in [6, 6.07) is 0. The number of rotatable bonds is 7. The van der Waals surface area contributed by atoms with E-state index in [0.717, 1.165) is 6.26 Å². The maximum Gasteiger partial charge on any atom is 0.303 e. The molecule has 0 radical (unpaired) electrons. The number of aliphatic carboxylic acids is 1. The van der Waals surface area contributed by atoms with Crippen molar-refractivity contribution in [1.29, 1.82) is 0 Å². The number of carboxylic acids is 1. The zero-order valence-corrected chi connectivity index (χ0v) is 11.1. The molecule has 0 saturated carbocycles. The van der Waals surface area contributed by atoms with Crippen LogP contribution in [0.15, 0.2) is 0 Å². The van der Waals surface area contributed by atoms with Gasteiger partial charge < -0.3 is 10.4 Å². The van der Waals surface area contributed by atoms with E-state index < -0.39 is 21.3 Å². The van der Waals surface area contributed by atoms with E-state index in [0.29, 0.717) is 6.42 Å². The van der Waals surface area contributed by atoms with E-state index in [-0.39, 0.29) is 24.5 Å². The van der Waals surface area contributed by atoms with Gasteiger partial charge in [-0.1, -0.05) is 0 Å². The molecule has 2 N–H and O–H groups in total. The molecule has 0 aromatic heterocycles. The van der Waals surface area contributed by atoms with E-state index in [2.05, 4.69) is 5.32 Å². The molecule has 0 aliphatic carbocycles. The third-order valence-corrected chi connectivity index (χ3v) is 3.09. The molecule has 0 bridgehead atoms. The lowest BCUT2D eigenvalue weighted by Gasteiger charge is -2.25. The Morgan fingerprint density at radius 2 is 1.76 bits per heavy atom. The van der Waals surface area contributed by atoms with Gasteiger partial charge in [0.2, 0.25) is 5.91 Å². The van der Waals surface area contributed by atoms with Gasteiger partial charge in [0.1, 0.15) is 9.84 Å². The highest BCUT2D eigenvalue weighted by molar-refractivity contribution is 7.90. The smallest absolute Gasteiger partial charge is 0.303 e. The molecule has 0 aliphatic heterocycles. The van der Waals surface area contributed by atoms with Crippen LogP contribution in [0.2, 0.25) is 0 Å². The van der Waals surface area contributed by atoms with Crippen LogP contribution in [0, 0.1) is 0 Å². The molecule has 0 aromatic carbocycles. The van der Waals surface area contributed by atoms with Gasteiger partial charge in [-0.25, -0.2) is 8.42 Å². The van der Waals surface area contributed by atoms with Crippen LogP contribution in [-0.4, -0.2) is 42.9 Å². The SMILES string of the molecule is CC(C)(CCC(=O)O)NC(=O)CCS(C)(=O)=O. The van der Waals surface area contributed by atoms with Crippen molar-refractivity contribution in [1.82, 2.24) is 5.32 Å². The number of hydrogen-bond acceptors (Lipinski definition) is 4. The molecule has 0 heterocycles. The second-order valence-corrected chi connectivity index (χ2v) is 6.97. The summed E-state index contributed by atoms with van der Waals surface area (Å²) in [6.45, 7) is 3.41. The quantitative estimate of drug-likeness (QED) is 0.684.